The number of rotatable bonds is 7. The van der Waals surface area contributed by atoms with Gasteiger partial charge < -0.3 is 15.8 Å². The van der Waals surface area contributed by atoms with Crippen molar-refractivity contribution in [2.45, 2.75) is 26.2 Å². The molecular weight excluding hydrogens is 240 g/mol. The number of ether oxygens (including phenoxy) is 1. The number of hydrogen-bond donors (Lipinski definition) is 2. The highest BCUT2D eigenvalue weighted by Gasteiger charge is 2.20. The van der Waals surface area contributed by atoms with Crippen LogP contribution in [0, 0.1) is 12.8 Å². The fourth-order valence-corrected chi connectivity index (χ4v) is 1.91. The Kier molecular flexibility index (Phi) is 4.80. The maximum Gasteiger partial charge on any atom is 0.251 e. The zero-order chi connectivity index (χ0) is 13.7. The second-order valence-electron chi connectivity index (χ2n) is 5.15. The Balaban J connectivity index is 1.67. The fraction of sp³-hybridized carbons (Fsp3) is 0.533. The predicted molar refractivity (Wildman–Crippen MR) is 76.1 cm³/mol. The van der Waals surface area contributed by atoms with Crippen molar-refractivity contribution < 1.29 is 9.53 Å². The van der Waals surface area contributed by atoms with E-state index in [1.54, 1.807) is 18.2 Å². The van der Waals surface area contributed by atoms with Gasteiger partial charge >= 0.3 is 0 Å². The first-order chi connectivity index (χ1) is 9.18. The summed E-state index contributed by atoms with van der Waals surface area (Å²) in [5, 5.41) is 2.90. The Labute approximate surface area is 114 Å². The minimum absolute atomic E-state index is 0.0630. The molecule has 19 heavy (non-hydrogen) atoms. The van der Waals surface area contributed by atoms with E-state index in [2.05, 4.69) is 5.32 Å². The van der Waals surface area contributed by atoms with E-state index >= 15 is 0 Å². The standard InChI is InChI=1S/C15H22N2O2/c1-11-13(4-2-5-14(11)16)15(18)17-8-3-9-19-10-12-6-7-12/h2,4-5,12H,3,6-10,16H2,1H3,(H,17,18). The molecule has 1 aliphatic carbocycles. The molecule has 0 atom stereocenters. The van der Waals surface area contributed by atoms with E-state index in [0.717, 1.165) is 24.5 Å². The van der Waals surface area contributed by atoms with E-state index in [4.69, 9.17) is 10.5 Å². The first-order valence-corrected chi connectivity index (χ1v) is 6.89. The van der Waals surface area contributed by atoms with Gasteiger partial charge in [-0.05, 0) is 49.8 Å². The smallest absolute Gasteiger partial charge is 0.251 e. The van der Waals surface area contributed by atoms with Crippen LogP contribution in [-0.2, 0) is 4.74 Å². The molecule has 0 aliphatic heterocycles. The van der Waals surface area contributed by atoms with Crippen LogP contribution in [-0.4, -0.2) is 25.7 Å². The molecule has 1 amide bonds. The Morgan fingerprint density at radius 1 is 1.47 bits per heavy atom. The summed E-state index contributed by atoms with van der Waals surface area (Å²) in [6.07, 6.45) is 3.47. The summed E-state index contributed by atoms with van der Waals surface area (Å²) in [5.74, 6) is 0.733. The molecule has 104 valence electrons. The second-order valence-corrected chi connectivity index (χ2v) is 5.15. The number of carbonyl (C=O) groups is 1. The van der Waals surface area contributed by atoms with Gasteiger partial charge in [0, 0.05) is 31.0 Å². The highest BCUT2D eigenvalue weighted by Crippen LogP contribution is 2.28. The molecule has 1 saturated carbocycles. The summed E-state index contributed by atoms with van der Waals surface area (Å²) in [5.41, 5.74) is 7.93. The molecule has 0 unspecified atom stereocenters. The van der Waals surface area contributed by atoms with Crippen LogP contribution in [0.3, 0.4) is 0 Å². The molecule has 1 aromatic carbocycles. The van der Waals surface area contributed by atoms with Gasteiger partial charge in [0.1, 0.15) is 0 Å². The summed E-state index contributed by atoms with van der Waals surface area (Å²) in [6, 6.07) is 5.40. The molecule has 0 radical (unpaired) electrons. The number of nitrogens with one attached hydrogen (secondary N) is 1. The van der Waals surface area contributed by atoms with Crippen LogP contribution in [0.2, 0.25) is 0 Å². The Hall–Kier alpha value is -1.55. The first kappa shape index (κ1) is 13.9. The third kappa shape index (κ3) is 4.24. The molecule has 0 bridgehead atoms. The first-order valence-electron chi connectivity index (χ1n) is 6.89. The lowest BCUT2D eigenvalue weighted by molar-refractivity contribution is 0.0937. The average Bonchev–Trinajstić information content (AvgIpc) is 3.20. The molecule has 1 fully saturated rings. The molecule has 2 rings (SSSR count). The van der Waals surface area contributed by atoms with Gasteiger partial charge in [0.15, 0.2) is 0 Å². The summed E-state index contributed by atoms with van der Waals surface area (Å²) in [6.45, 7) is 4.09. The van der Waals surface area contributed by atoms with Crippen LogP contribution < -0.4 is 11.1 Å². The molecule has 0 aromatic heterocycles. The van der Waals surface area contributed by atoms with Crippen molar-refractivity contribution >= 4 is 11.6 Å². The highest BCUT2D eigenvalue weighted by molar-refractivity contribution is 5.96. The van der Waals surface area contributed by atoms with Gasteiger partial charge in [-0.1, -0.05) is 6.07 Å². The topological polar surface area (TPSA) is 64.4 Å². The average molecular weight is 262 g/mol. The van der Waals surface area contributed by atoms with Crippen LogP contribution in [0.1, 0.15) is 35.2 Å². The number of nitrogen functional groups attached to an aromatic ring is 1. The Bertz CT molecular complexity index is 442. The van der Waals surface area contributed by atoms with Crippen molar-refractivity contribution in [3.63, 3.8) is 0 Å². The Morgan fingerprint density at radius 2 is 2.26 bits per heavy atom. The molecule has 1 aliphatic rings. The van der Waals surface area contributed by atoms with Crippen LogP contribution in [0.25, 0.3) is 0 Å². The van der Waals surface area contributed by atoms with Gasteiger partial charge in [-0.3, -0.25) is 4.79 Å². The van der Waals surface area contributed by atoms with E-state index in [1.165, 1.54) is 12.8 Å². The van der Waals surface area contributed by atoms with Crippen molar-refractivity contribution in [2.24, 2.45) is 5.92 Å². The van der Waals surface area contributed by atoms with Crippen LogP contribution in [0.5, 0.6) is 0 Å². The molecule has 4 heteroatoms. The summed E-state index contributed by atoms with van der Waals surface area (Å²) in [4.78, 5) is 12.0. The molecular formula is C15H22N2O2. The number of nitrogens with two attached hydrogens (primary N) is 1. The number of hydrogen-bond acceptors (Lipinski definition) is 3. The van der Waals surface area contributed by atoms with E-state index in [9.17, 15) is 4.79 Å². The van der Waals surface area contributed by atoms with Gasteiger partial charge in [-0.15, -0.1) is 0 Å². The second kappa shape index (κ2) is 6.57. The lowest BCUT2D eigenvalue weighted by Gasteiger charge is -2.09. The van der Waals surface area contributed by atoms with Gasteiger partial charge in [0.05, 0.1) is 0 Å². The van der Waals surface area contributed by atoms with Crippen LogP contribution >= 0.6 is 0 Å². The highest BCUT2D eigenvalue weighted by atomic mass is 16.5. The molecule has 1 aromatic rings. The zero-order valence-electron chi connectivity index (χ0n) is 11.4. The van der Waals surface area contributed by atoms with E-state index in [-0.39, 0.29) is 5.91 Å². The monoisotopic (exact) mass is 262 g/mol. The van der Waals surface area contributed by atoms with E-state index in [0.29, 0.717) is 24.4 Å². The number of carbonyl (C=O) groups excluding carboxylic acids is 1. The van der Waals surface area contributed by atoms with Crippen LogP contribution in [0.4, 0.5) is 5.69 Å². The van der Waals surface area contributed by atoms with E-state index < -0.39 is 0 Å². The quantitative estimate of drug-likeness (QED) is 0.584. The summed E-state index contributed by atoms with van der Waals surface area (Å²) >= 11 is 0. The van der Waals surface area contributed by atoms with Crippen molar-refractivity contribution in [2.75, 3.05) is 25.5 Å². The number of benzene rings is 1. The van der Waals surface area contributed by atoms with Gasteiger partial charge in [0.25, 0.3) is 5.91 Å². The molecule has 0 spiro atoms. The number of amides is 1. The third-order valence-corrected chi connectivity index (χ3v) is 3.42. The predicted octanol–water partition coefficient (Wildman–Crippen LogP) is 2.12. The largest absolute Gasteiger partial charge is 0.398 e. The minimum atomic E-state index is -0.0630. The summed E-state index contributed by atoms with van der Waals surface area (Å²) in [7, 11) is 0. The fourth-order valence-electron chi connectivity index (χ4n) is 1.91. The SMILES string of the molecule is Cc1c(N)cccc1C(=O)NCCCOCC1CC1. The van der Waals surface area contributed by atoms with Crippen molar-refractivity contribution in [1.82, 2.24) is 5.32 Å². The van der Waals surface area contributed by atoms with Crippen molar-refractivity contribution in [3.8, 4) is 0 Å². The van der Waals surface area contributed by atoms with Crippen molar-refractivity contribution in [3.05, 3.63) is 29.3 Å². The maximum atomic E-state index is 12.0. The summed E-state index contributed by atoms with van der Waals surface area (Å²) < 4.78 is 5.52. The van der Waals surface area contributed by atoms with Gasteiger partial charge in [-0.25, -0.2) is 0 Å². The third-order valence-electron chi connectivity index (χ3n) is 3.42. The lowest BCUT2D eigenvalue weighted by Crippen LogP contribution is -2.26. The van der Waals surface area contributed by atoms with Crippen molar-refractivity contribution in [1.29, 1.82) is 0 Å². The van der Waals surface area contributed by atoms with E-state index in [1.807, 2.05) is 6.92 Å². The molecule has 4 nitrogen and oxygen atoms in total. The number of anilines is 1. The zero-order valence-corrected chi connectivity index (χ0v) is 11.4. The maximum absolute atomic E-state index is 12.0. The molecule has 0 heterocycles. The normalized spacial score (nSPS) is 14.4. The molecule has 3 N–H and O–H groups in total. The van der Waals surface area contributed by atoms with Gasteiger partial charge in [0.2, 0.25) is 0 Å². The van der Waals surface area contributed by atoms with Crippen LogP contribution in [0.15, 0.2) is 18.2 Å². The Morgan fingerprint density at radius 3 is 3.00 bits per heavy atom. The van der Waals surface area contributed by atoms with Gasteiger partial charge in [-0.2, -0.15) is 0 Å². The molecule has 0 saturated heterocycles. The minimum Gasteiger partial charge on any atom is -0.398 e. The lowest BCUT2D eigenvalue weighted by atomic mass is 10.1.